The predicted octanol–water partition coefficient (Wildman–Crippen LogP) is 4.61. The highest BCUT2D eigenvalue weighted by molar-refractivity contribution is 7.16. The second-order valence-corrected chi connectivity index (χ2v) is 8.84. The van der Waals surface area contributed by atoms with E-state index in [2.05, 4.69) is 0 Å². The number of carbonyl (C=O) groups is 1. The molecule has 3 heteroatoms. The van der Waals surface area contributed by atoms with E-state index in [4.69, 9.17) is 5.73 Å². The number of rotatable bonds is 1. The molecule has 2 aliphatic carbocycles. The van der Waals surface area contributed by atoms with Gasteiger partial charge in [0.15, 0.2) is 5.78 Å². The molecule has 0 amide bonds. The standard InChI is InChI=1S/C17H25NOS/c1-16(2,3)14(19)13-11-6-9-17(7-4-5-8-17)10-12(11)20-15(13)18/h4-10,18H2,1-3H3. The zero-order chi connectivity index (χ0) is 14.5. The average Bonchev–Trinajstić information content (AvgIpc) is 2.91. The van der Waals surface area contributed by atoms with Crippen molar-refractivity contribution < 1.29 is 4.79 Å². The Balaban J connectivity index is 1.97. The van der Waals surface area contributed by atoms with E-state index in [1.54, 1.807) is 11.3 Å². The van der Waals surface area contributed by atoms with Crippen molar-refractivity contribution in [3.63, 3.8) is 0 Å². The summed E-state index contributed by atoms with van der Waals surface area (Å²) in [6, 6.07) is 0. The van der Waals surface area contributed by atoms with Crippen LogP contribution in [0.4, 0.5) is 5.00 Å². The van der Waals surface area contributed by atoms with Crippen LogP contribution in [0.15, 0.2) is 0 Å². The van der Waals surface area contributed by atoms with Crippen molar-refractivity contribution in [3.8, 4) is 0 Å². The fourth-order valence-corrected chi connectivity index (χ4v) is 5.22. The monoisotopic (exact) mass is 291 g/mol. The Morgan fingerprint density at radius 3 is 2.45 bits per heavy atom. The molecular formula is C17H25NOS. The minimum absolute atomic E-state index is 0.217. The third-order valence-electron chi connectivity index (χ3n) is 5.13. The molecule has 1 aromatic heterocycles. The van der Waals surface area contributed by atoms with Gasteiger partial charge in [-0.3, -0.25) is 4.79 Å². The molecule has 0 atom stereocenters. The molecule has 0 saturated heterocycles. The normalized spacial score (nSPS) is 21.1. The van der Waals surface area contributed by atoms with Crippen LogP contribution in [0.2, 0.25) is 0 Å². The highest BCUT2D eigenvalue weighted by atomic mass is 32.1. The first kappa shape index (κ1) is 14.1. The summed E-state index contributed by atoms with van der Waals surface area (Å²) < 4.78 is 0. The summed E-state index contributed by atoms with van der Waals surface area (Å²) in [7, 11) is 0. The maximum absolute atomic E-state index is 12.7. The Morgan fingerprint density at radius 2 is 1.85 bits per heavy atom. The van der Waals surface area contributed by atoms with E-state index in [9.17, 15) is 4.79 Å². The van der Waals surface area contributed by atoms with E-state index in [-0.39, 0.29) is 11.2 Å². The van der Waals surface area contributed by atoms with Gasteiger partial charge in [0.25, 0.3) is 0 Å². The lowest BCUT2D eigenvalue weighted by molar-refractivity contribution is 0.0858. The number of anilines is 1. The van der Waals surface area contributed by atoms with Crippen LogP contribution in [0.5, 0.6) is 0 Å². The number of thiophene rings is 1. The molecule has 1 aromatic rings. The van der Waals surface area contributed by atoms with E-state index < -0.39 is 0 Å². The van der Waals surface area contributed by atoms with Crippen LogP contribution < -0.4 is 5.73 Å². The molecule has 0 unspecified atom stereocenters. The van der Waals surface area contributed by atoms with Gasteiger partial charge in [0.05, 0.1) is 10.6 Å². The minimum atomic E-state index is -0.342. The summed E-state index contributed by atoms with van der Waals surface area (Å²) >= 11 is 1.68. The smallest absolute Gasteiger partial charge is 0.171 e. The lowest BCUT2D eigenvalue weighted by atomic mass is 9.71. The average molecular weight is 291 g/mol. The van der Waals surface area contributed by atoms with E-state index in [0.717, 1.165) is 23.4 Å². The topological polar surface area (TPSA) is 43.1 Å². The van der Waals surface area contributed by atoms with Gasteiger partial charge in [-0.25, -0.2) is 0 Å². The van der Waals surface area contributed by atoms with Crippen molar-refractivity contribution in [2.75, 3.05) is 5.73 Å². The molecule has 3 rings (SSSR count). The molecule has 1 saturated carbocycles. The Labute approximate surface area is 125 Å². The van der Waals surface area contributed by atoms with Crippen LogP contribution in [-0.2, 0) is 12.8 Å². The van der Waals surface area contributed by atoms with Crippen LogP contribution >= 0.6 is 11.3 Å². The first-order valence-electron chi connectivity index (χ1n) is 7.77. The van der Waals surface area contributed by atoms with Gasteiger partial charge >= 0.3 is 0 Å². The van der Waals surface area contributed by atoms with Gasteiger partial charge in [-0.2, -0.15) is 0 Å². The van der Waals surface area contributed by atoms with Gasteiger partial charge in [-0.1, -0.05) is 33.6 Å². The number of hydrogen-bond donors (Lipinski definition) is 1. The summed E-state index contributed by atoms with van der Waals surface area (Å²) in [6.45, 7) is 5.96. The summed E-state index contributed by atoms with van der Waals surface area (Å²) in [4.78, 5) is 14.1. The van der Waals surface area contributed by atoms with Gasteiger partial charge in [0.1, 0.15) is 0 Å². The Bertz CT molecular complexity index is 544. The van der Waals surface area contributed by atoms with Crippen molar-refractivity contribution in [3.05, 3.63) is 16.0 Å². The summed E-state index contributed by atoms with van der Waals surface area (Å²) in [5.74, 6) is 0.217. The fraction of sp³-hybridized carbons (Fsp3) is 0.706. The van der Waals surface area contributed by atoms with Crippen molar-refractivity contribution in [2.45, 2.75) is 65.7 Å². The molecule has 0 aromatic carbocycles. The van der Waals surface area contributed by atoms with Crippen LogP contribution in [0, 0.1) is 10.8 Å². The first-order valence-corrected chi connectivity index (χ1v) is 8.59. The fourth-order valence-electron chi connectivity index (χ4n) is 3.94. The molecule has 2 aliphatic rings. The van der Waals surface area contributed by atoms with Crippen LogP contribution in [0.3, 0.4) is 0 Å². The van der Waals surface area contributed by atoms with Gasteiger partial charge in [-0.15, -0.1) is 11.3 Å². The molecule has 2 N–H and O–H groups in total. The highest BCUT2D eigenvalue weighted by Crippen LogP contribution is 2.51. The lowest BCUT2D eigenvalue weighted by Crippen LogP contribution is -2.27. The van der Waals surface area contributed by atoms with E-state index >= 15 is 0 Å². The summed E-state index contributed by atoms with van der Waals surface area (Å²) in [5, 5.41) is 0.755. The number of hydrogen-bond acceptors (Lipinski definition) is 3. The zero-order valence-electron chi connectivity index (χ0n) is 12.8. The molecule has 0 aliphatic heterocycles. The second-order valence-electron chi connectivity index (χ2n) is 7.71. The van der Waals surface area contributed by atoms with E-state index in [0.29, 0.717) is 5.41 Å². The zero-order valence-corrected chi connectivity index (χ0v) is 13.7. The summed E-state index contributed by atoms with van der Waals surface area (Å²) in [5.41, 5.74) is 8.53. The Morgan fingerprint density at radius 1 is 1.20 bits per heavy atom. The maximum atomic E-state index is 12.7. The first-order chi connectivity index (χ1) is 9.32. The van der Waals surface area contributed by atoms with E-state index in [1.165, 1.54) is 42.5 Å². The van der Waals surface area contributed by atoms with Gasteiger partial charge in [-0.05, 0) is 43.1 Å². The molecular weight excluding hydrogens is 266 g/mol. The maximum Gasteiger partial charge on any atom is 0.171 e. The molecule has 110 valence electrons. The van der Waals surface area contributed by atoms with Crippen LogP contribution in [0.1, 0.15) is 73.7 Å². The number of ketones is 1. The van der Waals surface area contributed by atoms with Gasteiger partial charge < -0.3 is 5.73 Å². The summed E-state index contributed by atoms with van der Waals surface area (Å²) in [6.07, 6.45) is 8.96. The molecule has 1 spiro atoms. The largest absolute Gasteiger partial charge is 0.390 e. The third kappa shape index (κ3) is 2.20. The SMILES string of the molecule is CC(C)(C)C(=O)c1c(N)sc2c1CCC1(CCCC1)C2. The van der Waals surface area contributed by atoms with Gasteiger partial charge in [0.2, 0.25) is 0 Å². The quantitative estimate of drug-likeness (QED) is 0.768. The predicted molar refractivity (Wildman–Crippen MR) is 85.4 cm³/mol. The number of carbonyl (C=O) groups excluding carboxylic acids is 1. The molecule has 0 bridgehead atoms. The van der Waals surface area contributed by atoms with Crippen molar-refractivity contribution in [1.29, 1.82) is 0 Å². The number of nitrogen functional groups attached to an aromatic ring is 1. The third-order valence-corrected chi connectivity index (χ3v) is 6.19. The van der Waals surface area contributed by atoms with Crippen LogP contribution in [-0.4, -0.2) is 5.78 Å². The Kier molecular flexibility index (Phi) is 3.24. The van der Waals surface area contributed by atoms with Crippen LogP contribution in [0.25, 0.3) is 0 Å². The minimum Gasteiger partial charge on any atom is -0.390 e. The van der Waals surface area contributed by atoms with Crippen molar-refractivity contribution in [2.24, 2.45) is 10.8 Å². The molecule has 1 fully saturated rings. The van der Waals surface area contributed by atoms with Crippen molar-refractivity contribution >= 4 is 22.1 Å². The molecule has 1 heterocycles. The highest BCUT2D eigenvalue weighted by Gasteiger charge is 2.40. The lowest BCUT2D eigenvalue weighted by Gasteiger charge is -2.33. The second kappa shape index (κ2) is 4.59. The Hall–Kier alpha value is -0.830. The van der Waals surface area contributed by atoms with E-state index in [1.807, 2.05) is 20.8 Å². The number of nitrogens with two attached hydrogens (primary N) is 1. The van der Waals surface area contributed by atoms with Gasteiger partial charge in [0, 0.05) is 10.3 Å². The molecule has 0 radical (unpaired) electrons. The number of fused-ring (bicyclic) bond motifs is 1. The number of Topliss-reactive ketones (excluding diaryl/α,β-unsaturated/α-hetero) is 1. The molecule has 20 heavy (non-hydrogen) atoms. The molecule has 2 nitrogen and oxygen atoms in total. The van der Waals surface area contributed by atoms with Crippen molar-refractivity contribution in [1.82, 2.24) is 0 Å².